The summed E-state index contributed by atoms with van der Waals surface area (Å²) in [4.78, 5) is 13.1. The van der Waals surface area contributed by atoms with Gasteiger partial charge in [0.15, 0.2) is 0 Å². The highest BCUT2D eigenvalue weighted by atomic mass is 16.2. The van der Waals surface area contributed by atoms with Crippen LogP contribution in [0.15, 0.2) is 11.8 Å². The van der Waals surface area contributed by atoms with Crippen LogP contribution in [-0.2, 0) is 4.79 Å². The molecule has 0 aliphatic rings. The number of carbonyl (C=O) groups excluding carboxylic acids is 1. The Balaban J connectivity index is 4.15. The molecule has 76 valence electrons. The van der Waals surface area contributed by atoms with Crippen LogP contribution >= 0.6 is 0 Å². The molecule has 0 heterocycles. The molecule has 0 aliphatic carbocycles. The number of likely N-dealkylation sites (N-methyl/N-ethyl adjacent to an activating group) is 1. The van der Waals surface area contributed by atoms with Crippen LogP contribution in [0.1, 0.15) is 26.7 Å². The minimum absolute atomic E-state index is 0.0890. The van der Waals surface area contributed by atoms with Gasteiger partial charge in [0.2, 0.25) is 0 Å². The molecule has 0 saturated carbocycles. The SMILES string of the molecule is CCCNC=C(CC)C(=O)N(C)C. The first kappa shape index (κ1) is 12.0. The third kappa shape index (κ3) is 4.55. The normalized spacial score (nSPS) is 11.2. The minimum Gasteiger partial charge on any atom is -0.391 e. The number of nitrogens with one attached hydrogen (secondary N) is 1. The summed E-state index contributed by atoms with van der Waals surface area (Å²) in [5, 5.41) is 3.11. The van der Waals surface area contributed by atoms with Gasteiger partial charge in [-0.05, 0) is 12.8 Å². The van der Waals surface area contributed by atoms with Crippen LogP contribution in [0.5, 0.6) is 0 Å². The number of nitrogens with zero attached hydrogens (tertiary/aromatic N) is 1. The van der Waals surface area contributed by atoms with E-state index in [1.165, 1.54) is 0 Å². The first-order chi connectivity index (χ1) is 6.13. The van der Waals surface area contributed by atoms with E-state index in [-0.39, 0.29) is 5.91 Å². The number of amides is 1. The molecule has 0 radical (unpaired) electrons. The van der Waals surface area contributed by atoms with Crippen molar-refractivity contribution in [2.75, 3.05) is 20.6 Å². The lowest BCUT2D eigenvalue weighted by Gasteiger charge is -2.12. The Morgan fingerprint density at radius 2 is 2.00 bits per heavy atom. The van der Waals surface area contributed by atoms with Crippen molar-refractivity contribution < 1.29 is 4.79 Å². The summed E-state index contributed by atoms with van der Waals surface area (Å²) in [5.74, 6) is 0.0890. The number of hydrogen-bond acceptors (Lipinski definition) is 2. The second kappa shape index (κ2) is 6.52. The number of carbonyl (C=O) groups is 1. The van der Waals surface area contributed by atoms with Gasteiger partial charge in [-0.2, -0.15) is 0 Å². The molecule has 0 bridgehead atoms. The zero-order valence-electron chi connectivity index (χ0n) is 9.05. The fourth-order valence-electron chi connectivity index (χ4n) is 0.942. The average Bonchev–Trinajstić information content (AvgIpc) is 2.11. The first-order valence-corrected chi connectivity index (χ1v) is 4.77. The van der Waals surface area contributed by atoms with E-state index in [1.807, 2.05) is 13.1 Å². The smallest absolute Gasteiger partial charge is 0.250 e. The number of hydrogen-bond donors (Lipinski definition) is 1. The molecule has 0 saturated heterocycles. The van der Waals surface area contributed by atoms with Gasteiger partial charge in [0.05, 0.1) is 0 Å². The molecule has 0 atom stereocenters. The van der Waals surface area contributed by atoms with Gasteiger partial charge in [-0.1, -0.05) is 13.8 Å². The molecular formula is C10H20N2O. The molecule has 0 aromatic heterocycles. The molecule has 1 N–H and O–H groups in total. The van der Waals surface area contributed by atoms with Gasteiger partial charge in [-0.15, -0.1) is 0 Å². The van der Waals surface area contributed by atoms with Gasteiger partial charge in [-0.25, -0.2) is 0 Å². The molecule has 0 unspecified atom stereocenters. The van der Waals surface area contributed by atoms with Gasteiger partial charge in [0.1, 0.15) is 0 Å². The maximum absolute atomic E-state index is 11.5. The summed E-state index contributed by atoms with van der Waals surface area (Å²) < 4.78 is 0. The van der Waals surface area contributed by atoms with Crippen LogP contribution in [0.3, 0.4) is 0 Å². The van der Waals surface area contributed by atoms with Gasteiger partial charge >= 0.3 is 0 Å². The summed E-state index contributed by atoms with van der Waals surface area (Å²) >= 11 is 0. The second-order valence-corrected chi connectivity index (χ2v) is 3.18. The topological polar surface area (TPSA) is 32.3 Å². The number of rotatable bonds is 5. The van der Waals surface area contributed by atoms with Gasteiger partial charge in [0.25, 0.3) is 5.91 Å². The molecule has 0 aromatic rings. The Morgan fingerprint density at radius 1 is 1.38 bits per heavy atom. The van der Waals surface area contributed by atoms with Crippen molar-refractivity contribution in [2.45, 2.75) is 26.7 Å². The van der Waals surface area contributed by atoms with E-state index in [0.29, 0.717) is 0 Å². The first-order valence-electron chi connectivity index (χ1n) is 4.77. The lowest BCUT2D eigenvalue weighted by molar-refractivity contribution is -0.124. The molecule has 0 rings (SSSR count). The lowest BCUT2D eigenvalue weighted by Crippen LogP contribution is -2.24. The maximum Gasteiger partial charge on any atom is 0.250 e. The van der Waals surface area contributed by atoms with E-state index in [4.69, 9.17) is 0 Å². The van der Waals surface area contributed by atoms with E-state index in [2.05, 4.69) is 12.2 Å². The van der Waals surface area contributed by atoms with Crippen molar-refractivity contribution in [2.24, 2.45) is 0 Å². The monoisotopic (exact) mass is 184 g/mol. The molecule has 3 nitrogen and oxygen atoms in total. The van der Waals surface area contributed by atoms with E-state index in [9.17, 15) is 4.79 Å². The summed E-state index contributed by atoms with van der Waals surface area (Å²) in [6.07, 6.45) is 3.67. The Labute approximate surface area is 80.8 Å². The van der Waals surface area contributed by atoms with Crippen molar-refractivity contribution >= 4 is 5.91 Å². The van der Waals surface area contributed by atoms with Gasteiger partial charge in [0, 0.05) is 32.4 Å². The lowest BCUT2D eigenvalue weighted by atomic mass is 10.2. The molecule has 0 aromatic carbocycles. The van der Waals surface area contributed by atoms with Crippen molar-refractivity contribution in [3.05, 3.63) is 11.8 Å². The zero-order chi connectivity index (χ0) is 10.3. The van der Waals surface area contributed by atoms with E-state index in [1.54, 1.807) is 19.0 Å². The van der Waals surface area contributed by atoms with Crippen LogP contribution in [-0.4, -0.2) is 31.4 Å². The highest BCUT2D eigenvalue weighted by molar-refractivity contribution is 5.92. The van der Waals surface area contributed by atoms with Crippen LogP contribution in [0.25, 0.3) is 0 Å². The molecular weight excluding hydrogens is 164 g/mol. The van der Waals surface area contributed by atoms with Gasteiger partial charge < -0.3 is 10.2 Å². The molecule has 0 aliphatic heterocycles. The van der Waals surface area contributed by atoms with Crippen molar-refractivity contribution in [1.82, 2.24) is 10.2 Å². The molecule has 3 heteroatoms. The molecule has 0 spiro atoms. The maximum atomic E-state index is 11.5. The molecule has 0 fully saturated rings. The fourth-order valence-corrected chi connectivity index (χ4v) is 0.942. The van der Waals surface area contributed by atoms with Crippen LogP contribution in [0.2, 0.25) is 0 Å². The summed E-state index contributed by atoms with van der Waals surface area (Å²) in [5.41, 5.74) is 0.832. The van der Waals surface area contributed by atoms with Crippen LogP contribution in [0, 0.1) is 0 Å². The third-order valence-electron chi connectivity index (χ3n) is 1.73. The quantitative estimate of drug-likeness (QED) is 0.517. The predicted molar refractivity (Wildman–Crippen MR) is 55.4 cm³/mol. The highest BCUT2D eigenvalue weighted by Crippen LogP contribution is 2.02. The van der Waals surface area contributed by atoms with E-state index >= 15 is 0 Å². The van der Waals surface area contributed by atoms with E-state index < -0.39 is 0 Å². The Morgan fingerprint density at radius 3 is 2.38 bits per heavy atom. The van der Waals surface area contributed by atoms with Crippen LogP contribution in [0.4, 0.5) is 0 Å². The summed E-state index contributed by atoms with van der Waals surface area (Å²) in [6.45, 7) is 5.01. The van der Waals surface area contributed by atoms with Gasteiger partial charge in [-0.3, -0.25) is 4.79 Å². The molecule has 13 heavy (non-hydrogen) atoms. The second-order valence-electron chi connectivity index (χ2n) is 3.18. The minimum atomic E-state index is 0.0890. The predicted octanol–water partition coefficient (Wildman–Crippen LogP) is 1.37. The van der Waals surface area contributed by atoms with Crippen molar-refractivity contribution in [1.29, 1.82) is 0 Å². The largest absolute Gasteiger partial charge is 0.391 e. The standard InChI is InChI=1S/C10H20N2O/c1-5-7-11-8-9(6-2)10(13)12(3)4/h8,11H,5-7H2,1-4H3. The van der Waals surface area contributed by atoms with E-state index in [0.717, 1.165) is 25.0 Å². The Kier molecular flexibility index (Phi) is 6.02. The Bertz CT molecular complexity index is 185. The Hall–Kier alpha value is -0.990. The average molecular weight is 184 g/mol. The fraction of sp³-hybridized carbons (Fsp3) is 0.700. The zero-order valence-corrected chi connectivity index (χ0v) is 9.05. The highest BCUT2D eigenvalue weighted by Gasteiger charge is 2.08. The summed E-state index contributed by atoms with van der Waals surface area (Å²) in [7, 11) is 3.54. The van der Waals surface area contributed by atoms with Crippen molar-refractivity contribution in [3.8, 4) is 0 Å². The van der Waals surface area contributed by atoms with Crippen molar-refractivity contribution in [3.63, 3.8) is 0 Å². The molecule has 1 amide bonds. The summed E-state index contributed by atoms with van der Waals surface area (Å²) in [6, 6.07) is 0. The third-order valence-corrected chi connectivity index (χ3v) is 1.73. The van der Waals surface area contributed by atoms with Crippen LogP contribution < -0.4 is 5.32 Å².